The predicted octanol–water partition coefficient (Wildman–Crippen LogP) is 2.43. The van der Waals surface area contributed by atoms with Gasteiger partial charge in [0.05, 0.1) is 15.6 Å². The van der Waals surface area contributed by atoms with Gasteiger partial charge in [-0.05, 0) is 46.3 Å². The lowest BCUT2D eigenvalue weighted by molar-refractivity contribution is 0.0746. The van der Waals surface area contributed by atoms with Gasteiger partial charge in [0, 0.05) is 49.7 Å². The molecule has 0 aliphatic carbocycles. The van der Waals surface area contributed by atoms with Crippen LogP contribution in [-0.4, -0.2) is 68.7 Å². The molecule has 0 spiro atoms. The van der Waals surface area contributed by atoms with Crippen molar-refractivity contribution in [1.29, 1.82) is 0 Å². The number of piperazine rings is 1. The maximum Gasteiger partial charge on any atom is 0.257 e. The van der Waals surface area contributed by atoms with E-state index >= 15 is 0 Å². The van der Waals surface area contributed by atoms with Gasteiger partial charge in [-0.1, -0.05) is 12.1 Å². The molecule has 1 aliphatic rings. The van der Waals surface area contributed by atoms with E-state index in [2.05, 4.69) is 41.2 Å². The molecule has 1 saturated heterocycles. The Morgan fingerprint density at radius 2 is 1.67 bits per heavy atom. The Hall–Kier alpha value is -4.32. The van der Waals surface area contributed by atoms with Crippen molar-refractivity contribution in [3.05, 3.63) is 76.0 Å². The van der Waals surface area contributed by atoms with E-state index in [9.17, 15) is 14.4 Å². The van der Waals surface area contributed by atoms with Gasteiger partial charge in [-0.25, -0.2) is 15.0 Å². The highest BCUT2D eigenvalue weighted by atomic mass is 79.9. The summed E-state index contributed by atoms with van der Waals surface area (Å²) < 4.78 is 0.805. The molecule has 0 bridgehead atoms. The summed E-state index contributed by atoms with van der Waals surface area (Å²) in [7, 11) is 0. The first-order valence-electron chi connectivity index (χ1n) is 11.1. The van der Waals surface area contributed by atoms with Gasteiger partial charge in [0.25, 0.3) is 17.7 Å². The van der Waals surface area contributed by atoms with Crippen LogP contribution in [0.25, 0.3) is 11.0 Å². The highest BCUT2D eigenvalue weighted by molar-refractivity contribution is 9.10. The van der Waals surface area contributed by atoms with Crippen molar-refractivity contribution < 1.29 is 14.4 Å². The number of nitrogens with zero attached hydrogens (tertiary/aromatic N) is 5. The Labute approximate surface area is 213 Å². The smallest absolute Gasteiger partial charge is 0.257 e. The van der Waals surface area contributed by atoms with Crippen molar-refractivity contribution in [1.82, 2.24) is 24.8 Å². The second-order valence-electron chi connectivity index (χ2n) is 8.17. The lowest BCUT2D eigenvalue weighted by Gasteiger charge is -2.34. The minimum atomic E-state index is -0.610. The number of benzene rings is 2. The largest absolute Gasteiger partial charge is 0.366 e. The molecular weight excluding hydrogens is 528 g/mol. The van der Waals surface area contributed by atoms with E-state index in [0.717, 1.165) is 4.47 Å². The van der Waals surface area contributed by atoms with E-state index in [1.54, 1.807) is 59.8 Å². The van der Waals surface area contributed by atoms with Gasteiger partial charge >= 0.3 is 0 Å². The standard InChI is InChI=1S/C24H21BrN8O3/c25-16-12-27-24(28-13-16)33-9-7-32(8-10-33)22(36)15-4-1-3-14(11-15)21(35)31-23-29-18-6-2-5-17(20(26)34)19(18)30-23/h1-6,11-13H,7-10H2,(H2,26,34)(H2,29,30,31,35). The molecule has 12 heteroatoms. The fourth-order valence-corrected chi connectivity index (χ4v) is 4.23. The zero-order valence-corrected chi connectivity index (χ0v) is 20.5. The van der Waals surface area contributed by atoms with Crippen LogP contribution < -0.4 is 16.0 Å². The number of rotatable bonds is 5. The Balaban J connectivity index is 1.26. The van der Waals surface area contributed by atoms with Gasteiger partial charge in [0.15, 0.2) is 0 Å². The topological polar surface area (TPSA) is 150 Å². The van der Waals surface area contributed by atoms with Crippen molar-refractivity contribution in [3.63, 3.8) is 0 Å². The zero-order chi connectivity index (χ0) is 25.2. The number of aromatic nitrogens is 4. The van der Waals surface area contributed by atoms with Gasteiger partial charge < -0.3 is 20.5 Å². The number of nitrogens with two attached hydrogens (primary N) is 1. The van der Waals surface area contributed by atoms with Crippen LogP contribution in [0.1, 0.15) is 31.1 Å². The van der Waals surface area contributed by atoms with Crippen LogP contribution >= 0.6 is 15.9 Å². The first-order valence-corrected chi connectivity index (χ1v) is 11.9. The molecule has 0 atom stereocenters. The van der Waals surface area contributed by atoms with Crippen LogP contribution in [0.4, 0.5) is 11.9 Å². The fraction of sp³-hybridized carbons (Fsp3) is 0.167. The lowest BCUT2D eigenvalue weighted by Crippen LogP contribution is -2.49. The zero-order valence-electron chi connectivity index (χ0n) is 18.9. The number of anilines is 2. The predicted molar refractivity (Wildman–Crippen MR) is 137 cm³/mol. The summed E-state index contributed by atoms with van der Waals surface area (Å²) in [6, 6.07) is 11.5. The van der Waals surface area contributed by atoms with Crippen molar-refractivity contribution in [2.45, 2.75) is 0 Å². The van der Waals surface area contributed by atoms with Crippen LogP contribution in [0.2, 0.25) is 0 Å². The van der Waals surface area contributed by atoms with Crippen molar-refractivity contribution >= 4 is 56.6 Å². The number of hydrogen-bond acceptors (Lipinski definition) is 7. The maximum absolute atomic E-state index is 13.1. The first-order chi connectivity index (χ1) is 17.4. The highest BCUT2D eigenvalue weighted by Crippen LogP contribution is 2.20. The molecule has 0 unspecified atom stereocenters. The highest BCUT2D eigenvalue weighted by Gasteiger charge is 2.24. The number of H-pyrrole nitrogens is 1. The molecule has 3 amide bonds. The van der Waals surface area contributed by atoms with Crippen molar-refractivity contribution in [2.24, 2.45) is 5.73 Å². The minimum absolute atomic E-state index is 0.157. The number of hydrogen-bond donors (Lipinski definition) is 3. The average molecular weight is 549 g/mol. The molecule has 4 N–H and O–H groups in total. The van der Waals surface area contributed by atoms with E-state index in [1.165, 1.54) is 0 Å². The number of imidazole rings is 1. The van der Waals surface area contributed by atoms with Crippen LogP contribution in [0.3, 0.4) is 0 Å². The van der Waals surface area contributed by atoms with Gasteiger partial charge in [0.2, 0.25) is 11.9 Å². The Morgan fingerprint density at radius 1 is 0.972 bits per heavy atom. The summed E-state index contributed by atoms with van der Waals surface area (Å²) >= 11 is 3.33. The molecule has 0 saturated carbocycles. The van der Waals surface area contributed by atoms with Gasteiger partial charge in [-0.15, -0.1) is 0 Å². The number of amides is 3. The SMILES string of the molecule is NC(=O)c1cccc2[nH]c(NC(=O)c3cccc(C(=O)N4CCN(c5ncc(Br)cn5)CC4)c3)nc12. The van der Waals surface area contributed by atoms with Gasteiger partial charge in [-0.3, -0.25) is 19.7 Å². The summed E-state index contributed by atoms with van der Waals surface area (Å²) in [4.78, 5) is 57.3. The van der Waals surface area contributed by atoms with E-state index in [4.69, 9.17) is 5.73 Å². The fourth-order valence-electron chi connectivity index (χ4n) is 4.02. The molecular formula is C24H21BrN8O3. The Morgan fingerprint density at radius 3 is 2.39 bits per heavy atom. The maximum atomic E-state index is 13.1. The van der Waals surface area contributed by atoms with Gasteiger partial charge in [0.1, 0.15) is 5.52 Å². The third-order valence-electron chi connectivity index (χ3n) is 5.84. The molecule has 1 fully saturated rings. The van der Waals surface area contributed by atoms with Crippen molar-refractivity contribution in [2.75, 3.05) is 36.4 Å². The number of fused-ring (bicyclic) bond motifs is 1. The molecule has 2 aromatic heterocycles. The molecule has 36 heavy (non-hydrogen) atoms. The second kappa shape index (κ2) is 9.74. The number of carbonyl (C=O) groups is 3. The first kappa shape index (κ1) is 23.4. The Kier molecular flexibility index (Phi) is 6.34. The van der Waals surface area contributed by atoms with Crippen LogP contribution in [0.5, 0.6) is 0 Å². The number of carbonyl (C=O) groups excluding carboxylic acids is 3. The van der Waals surface area contributed by atoms with E-state index in [1.807, 2.05) is 4.90 Å². The number of para-hydroxylation sites is 1. The van der Waals surface area contributed by atoms with Crippen LogP contribution in [0.15, 0.2) is 59.3 Å². The third-order valence-corrected chi connectivity index (χ3v) is 6.25. The lowest BCUT2D eigenvalue weighted by atomic mass is 10.1. The van der Waals surface area contributed by atoms with Crippen molar-refractivity contribution in [3.8, 4) is 0 Å². The summed E-state index contributed by atoms with van der Waals surface area (Å²) in [6.07, 6.45) is 3.39. The van der Waals surface area contributed by atoms with E-state index in [-0.39, 0.29) is 17.4 Å². The summed E-state index contributed by atoms with van der Waals surface area (Å²) in [6.45, 7) is 2.23. The van der Waals surface area contributed by atoms with E-state index in [0.29, 0.717) is 54.3 Å². The summed E-state index contributed by atoms with van der Waals surface area (Å²) in [5.41, 5.74) is 7.31. The Bertz CT molecular complexity index is 1460. The number of halogens is 1. The van der Waals surface area contributed by atoms with Gasteiger partial charge in [-0.2, -0.15) is 0 Å². The molecule has 5 rings (SSSR count). The minimum Gasteiger partial charge on any atom is -0.366 e. The van der Waals surface area contributed by atoms with Crippen LogP contribution in [0, 0.1) is 0 Å². The molecule has 182 valence electrons. The second-order valence-corrected chi connectivity index (χ2v) is 9.08. The van der Waals surface area contributed by atoms with E-state index < -0.39 is 11.8 Å². The van der Waals surface area contributed by atoms with Crippen LogP contribution in [-0.2, 0) is 0 Å². The quantitative estimate of drug-likeness (QED) is 0.346. The number of aromatic amines is 1. The summed E-state index contributed by atoms with van der Waals surface area (Å²) in [5.74, 6) is -0.414. The molecule has 3 heterocycles. The molecule has 1 aliphatic heterocycles. The molecule has 2 aromatic carbocycles. The molecule has 4 aromatic rings. The molecule has 11 nitrogen and oxygen atoms in total. The third kappa shape index (κ3) is 4.75. The number of primary amides is 1. The number of nitrogens with one attached hydrogen (secondary N) is 2. The normalized spacial score (nSPS) is 13.6. The average Bonchev–Trinajstić information content (AvgIpc) is 3.31. The molecule has 0 radical (unpaired) electrons. The summed E-state index contributed by atoms with van der Waals surface area (Å²) in [5, 5.41) is 2.68. The monoisotopic (exact) mass is 548 g/mol.